The second kappa shape index (κ2) is 5.26. The molecule has 4 nitrogen and oxygen atoms in total. The average Bonchev–Trinajstić information content (AvgIpc) is 2.80. The lowest BCUT2D eigenvalue weighted by molar-refractivity contribution is 0.198. The number of pyridine rings is 1. The van der Waals surface area contributed by atoms with Crippen molar-refractivity contribution in [2.45, 2.75) is 30.1 Å². The van der Waals surface area contributed by atoms with Gasteiger partial charge in [-0.2, -0.15) is 0 Å². The van der Waals surface area contributed by atoms with Crippen LogP contribution in [0, 0.1) is 6.92 Å². The molecule has 0 bridgehead atoms. The van der Waals surface area contributed by atoms with Gasteiger partial charge in [0, 0.05) is 6.20 Å². The number of nitrogens with one attached hydrogen (secondary N) is 1. The summed E-state index contributed by atoms with van der Waals surface area (Å²) in [6.45, 7) is 3.79. The maximum absolute atomic E-state index is 9.46. The fourth-order valence-electron chi connectivity index (χ4n) is 1.95. The second-order valence-corrected chi connectivity index (χ2v) is 5.78. The van der Waals surface area contributed by atoms with E-state index in [-0.39, 0.29) is 0 Å². The molecule has 0 radical (unpaired) electrons. The first-order chi connectivity index (χ1) is 9.61. The molecule has 1 atom stereocenters. The Morgan fingerprint density at radius 2 is 2.10 bits per heavy atom. The van der Waals surface area contributed by atoms with Crippen molar-refractivity contribution in [1.29, 1.82) is 0 Å². The van der Waals surface area contributed by atoms with E-state index in [0.717, 1.165) is 26.8 Å². The Labute approximate surface area is 121 Å². The highest BCUT2D eigenvalue weighted by Gasteiger charge is 2.07. The molecule has 0 aliphatic rings. The van der Waals surface area contributed by atoms with Crippen molar-refractivity contribution in [1.82, 2.24) is 15.0 Å². The Morgan fingerprint density at radius 3 is 2.80 bits per heavy atom. The Morgan fingerprint density at radius 1 is 1.25 bits per heavy atom. The predicted octanol–water partition coefficient (Wildman–Crippen LogP) is 3.47. The van der Waals surface area contributed by atoms with Crippen LogP contribution >= 0.6 is 11.8 Å². The summed E-state index contributed by atoms with van der Waals surface area (Å²) in [6, 6.07) is 9.91. The van der Waals surface area contributed by atoms with Gasteiger partial charge in [0.05, 0.1) is 17.1 Å². The second-order valence-electron chi connectivity index (χ2n) is 4.77. The van der Waals surface area contributed by atoms with Gasteiger partial charge in [0.1, 0.15) is 5.03 Å². The van der Waals surface area contributed by atoms with E-state index in [1.807, 2.05) is 24.3 Å². The maximum atomic E-state index is 9.46. The summed E-state index contributed by atoms with van der Waals surface area (Å²) in [5, 5.41) is 11.1. The van der Waals surface area contributed by atoms with Crippen LogP contribution in [0.1, 0.15) is 24.2 Å². The molecule has 2 aromatic heterocycles. The number of fused-ring (bicyclic) bond motifs is 1. The van der Waals surface area contributed by atoms with E-state index in [0.29, 0.717) is 0 Å². The number of aromatic nitrogens is 3. The van der Waals surface area contributed by atoms with Gasteiger partial charge < -0.3 is 10.1 Å². The van der Waals surface area contributed by atoms with Crippen LogP contribution in [-0.2, 0) is 0 Å². The van der Waals surface area contributed by atoms with E-state index < -0.39 is 6.10 Å². The summed E-state index contributed by atoms with van der Waals surface area (Å²) in [7, 11) is 0. The Kier molecular flexibility index (Phi) is 3.46. The Balaban J connectivity index is 1.85. The lowest BCUT2D eigenvalue weighted by atomic mass is 10.2. The van der Waals surface area contributed by atoms with E-state index in [1.165, 1.54) is 17.3 Å². The predicted molar refractivity (Wildman–Crippen MR) is 79.8 cm³/mol. The third-order valence-electron chi connectivity index (χ3n) is 3.06. The van der Waals surface area contributed by atoms with Crippen molar-refractivity contribution in [2.75, 3.05) is 0 Å². The smallest absolute Gasteiger partial charge is 0.172 e. The van der Waals surface area contributed by atoms with E-state index in [2.05, 4.69) is 27.9 Å². The van der Waals surface area contributed by atoms with Gasteiger partial charge in [0.2, 0.25) is 0 Å². The zero-order valence-electron chi connectivity index (χ0n) is 11.3. The summed E-state index contributed by atoms with van der Waals surface area (Å²) in [4.78, 5) is 12.1. The molecule has 0 amide bonds. The highest BCUT2D eigenvalue weighted by molar-refractivity contribution is 7.99. The number of aryl methyl sites for hydroxylation is 1. The van der Waals surface area contributed by atoms with Gasteiger partial charge in [0.15, 0.2) is 5.16 Å². The zero-order valence-corrected chi connectivity index (χ0v) is 12.1. The number of aromatic amines is 1. The number of hydrogen-bond donors (Lipinski definition) is 2. The third kappa shape index (κ3) is 2.69. The Bertz CT molecular complexity index is 734. The van der Waals surface area contributed by atoms with Crippen molar-refractivity contribution >= 4 is 22.8 Å². The molecule has 2 heterocycles. The molecule has 0 saturated carbocycles. The van der Waals surface area contributed by atoms with Crippen molar-refractivity contribution in [2.24, 2.45) is 0 Å². The van der Waals surface area contributed by atoms with Crippen LogP contribution in [0.15, 0.2) is 46.7 Å². The molecule has 20 heavy (non-hydrogen) atoms. The highest BCUT2D eigenvalue weighted by Crippen LogP contribution is 2.26. The minimum absolute atomic E-state index is 0.490. The molecule has 2 N–H and O–H groups in total. The van der Waals surface area contributed by atoms with Crippen LogP contribution in [-0.4, -0.2) is 20.1 Å². The van der Waals surface area contributed by atoms with Crippen LogP contribution in [0.25, 0.3) is 11.0 Å². The lowest BCUT2D eigenvalue weighted by Gasteiger charge is -2.03. The quantitative estimate of drug-likeness (QED) is 0.773. The maximum Gasteiger partial charge on any atom is 0.172 e. The number of nitrogens with zero attached hydrogens (tertiary/aromatic N) is 2. The monoisotopic (exact) mass is 285 g/mol. The molecule has 0 aliphatic carbocycles. The average molecular weight is 285 g/mol. The molecule has 5 heteroatoms. The molecule has 0 saturated heterocycles. The van der Waals surface area contributed by atoms with E-state index in [1.54, 1.807) is 13.1 Å². The van der Waals surface area contributed by atoms with Crippen LogP contribution in [0.4, 0.5) is 0 Å². The minimum Gasteiger partial charge on any atom is -0.389 e. The number of H-pyrrole nitrogens is 1. The van der Waals surface area contributed by atoms with Crippen molar-refractivity contribution < 1.29 is 5.11 Å². The van der Waals surface area contributed by atoms with Crippen molar-refractivity contribution in [3.63, 3.8) is 0 Å². The van der Waals surface area contributed by atoms with E-state index in [9.17, 15) is 5.11 Å². The molecule has 3 rings (SSSR count). The summed E-state index contributed by atoms with van der Waals surface area (Å²) >= 11 is 1.48. The standard InChI is InChI=1S/C15H15N3OS/c1-9-3-5-12-13(7-9)18-15(17-12)20-14-6-4-11(8-16-14)10(2)19/h3-8,10,19H,1-2H3,(H,17,18)/t10-/m1/s1. The third-order valence-corrected chi connectivity index (χ3v) is 3.90. The number of aliphatic hydroxyl groups excluding tert-OH is 1. The van der Waals surface area contributed by atoms with Crippen LogP contribution in [0.5, 0.6) is 0 Å². The first-order valence-electron chi connectivity index (χ1n) is 6.40. The van der Waals surface area contributed by atoms with Gasteiger partial charge in [0.25, 0.3) is 0 Å². The lowest BCUT2D eigenvalue weighted by Crippen LogP contribution is -1.92. The fraction of sp³-hybridized carbons (Fsp3) is 0.200. The zero-order chi connectivity index (χ0) is 14.1. The summed E-state index contributed by atoms with van der Waals surface area (Å²) < 4.78 is 0. The van der Waals surface area contributed by atoms with Gasteiger partial charge in [-0.3, -0.25) is 0 Å². The van der Waals surface area contributed by atoms with Crippen molar-refractivity contribution in [3.8, 4) is 0 Å². The molecule has 0 spiro atoms. The number of imidazole rings is 1. The molecule has 0 aliphatic heterocycles. The van der Waals surface area contributed by atoms with Crippen molar-refractivity contribution in [3.05, 3.63) is 47.7 Å². The van der Waals surface area contributed by atoms with E-state index in [4.69, 9.17) is 0 Å². The molecular weight excluding hydrogens is 270 g/mol. The van der Waals surface area contributed by atoms with Gasteiger partial charge in [-0.15, -0.1) is 0 Å². The first kappa shape index (κ1) is 13.1. The summed E-state index contributed by atoms with van der Waals surface area (Å²) in [5.74, 6) is 0. The van der Waals surface area contributed by atoms with Gasteiger partial charge in [-0.05, 0) is 54.9 Å². The van der Waals surface area contributed by atoms with E-state index >= 15 is 0 Å². The normalized spacial score (nSPS) is 12.8. The number of rotatable bonds is 3. The highest BCUT2D eigenvalue weighted by atomic mass is 32.2. The van der Waals surface area contributed by atoms with Gasteiger partial charge >= 0.3 is 0 Å². The fourth-order valence-corrected chi connectivity index (χ4v) is 2.69. The molecule has 3 aromatic rings. The molecule has 1 aromatic carbocycles. The number of hydrogen-bond acceptors (Lipinski definition) is 4. The molecule has 102 valence electrons. The van der Waals surface area contributed by atoms with Gasteiger partial charge in [-0.25, -0.2) is 9.97 Å². The molecule has 0 fully saturated rings. The summed E-state index contributed by atoms with van der Waals surface area (Å²) in [5.41, 5.74) is 4.01. The minimum atomic E-state index is -0.490. The van der Waals surface area contributed by atoms with Crippen LogP contribution in [0.2, 0.25) is 0 Å². The molecule has 0 unspecified atom stereocenters. The van der Waals surface area contributed by atoms with Crippen LogP contribution in [0.3, 0.4) is 0 Å². The summed E-state index contributed by atoms with van der Waals surface area (Å²) in [6.07, 6.45) is 1.20. The Hall–Kier alpha value is -1.85. The largest absolute Gasteiger partial charge is 0.389 e. The first-order valence-corrected chi connectivity index (χ1v) is 7.22. The molecular formula is C15H15N3OS. The SMILES string of the molecule is Cc1ccc2nc(Sc3ccc([C@@H](C)O)cn3)[nH]c2c1. The van der Waals surface area contributed by atoms with Crippen LogP contribution < -0.4 is 0 Å². The number of benzene rings is 1. The topological polar surface area (TPSA) is 61.8 Å². The number of aliphatic hydroxyl groups is 1. The van der Waals surface area contributed by atoms with Gasteiger partial charge in [-0.1, -0.05) is 12.1 Å².